The Bertz CT molecular complexity index is 298. The third-order valence-electron chi connectivity index (χ3n) is 2.25. The minimum Gasteiger partial charge on any atom is -0.366 e. The number of carbonyl (C=O) groups is 1. The zero-order valence-electron chi connectivity index (χ0n) is 9.57. The summed E-state index contributed by atoms with van der Waals surface area (Å²) in [6, 6.07) is 9.87. The molecule has 2 nitrogen and oxygen atoms in total. The van der Waals surface area contributed by atoms with E-state index in [-0.39, 0.29) is 11.5 Å². The molecule has 0 aliphatic rings. The Morgan fingerprint density at radius 1 is 1.27 bits per heavy atom. The van der Waals surface area contributed by atoms with Gasteiger partial charge in [-0.1, -0.05) is 51.1 Å². The van der Waals surface area contributed by atoms with Gasteiger partial charge in [0.25, 0.3) is 0 Å². The molecule has 1 aromatic carbocycles. The third-order valence-corrected chi connectivity index (χ3v) is 2.25. The molecule has 1 atom stereocenters. The molecular formula is C13H18O2. The van der Waals surface area contributed by atoms with Crippen LogP contribution in [-0.4, -0.2) is 12.4 Å². The van der Waals surface area contributed by atoms with Crippen LogP contribution in [0, 0.1) is 5.41 Å². The van der Waals surface area contributed by atoms with E-state index in [1.165, 1.54) is 0 Å². The molecule has 0 bridgehead atoms. The van der Waals surface area contributed by atoms with Crippen LogP contribution in [0.2, 0.25) is 0 Å². The van der Waals surface area contributed by atoms with Gasteiger partial charge in [-0.25, -0.2) is 0 Å². The molecule has 0 saturated heterocycles. The summed E-state index contributed by atoms with van der Waals surface area (Å²) < 4.78 is 5.57. The summed E-state index contributed by atoms with van der Waals surface area (Å²) in [7, 11) is 0. The maximum atomic E-state index is 10.8. The molecule has 0 aromatic heterocycles. The quantitative estimate of drug-likeness (QED) is 0.708. The lowest BCUT2D eigenvalue weighted by molar-refractivity contribution is -0.126. The highest BCUT2D eigenvalue weighted by atomic mass is 16.5. The first-order chi connectivity index (χ1) is 7.04. The van der Waals surface area contributed by atoms with Crippen LogP contribution in [0.3, 0.4) is 0 Å². The number of aldehydes is 1. The van der Waals surface area contributed by atoms with Gasteiger partial charge in [-0.2, -0.15) is 0 Å². The summed E-state index contributed by atoms with van der Waals surface area (Å²) in [5.74, 6) is 0. The zero-order valence-corrected chi connectivity index (χ0v) is 9.57. The van der Waals surface area contributed by atoms with Gasteiger partial charge in [-0.05, 0) is 11.0 Å². The Morgan fingerprint density at radius 3 is 2.33 bits per heavy atom. The highest BCUT2D eigenvalue weighted by molar-refractivity contribution is 5.57. The van der Waals surface area contributed by atoms with Gasteiger partial charge < -0.3 is 9.53 Å². The van der Waals surface area contributed by atoms with E-state index in [1.807, 2.05) is 51.1 Å². The monoisotopic (exact) mass is 206 g/mol. The molecule has 0 heterocycles. The van der Waals surface area contributed by atoms with Gasteiger partial charge in [-0.15, -0.1) is 0 Å². The molecule has 82 valence electrons. The molecule has 0 aliphatic carbocycles. The fourth-order valence-corrected chi connectivity index (χ4v) is 1.25. The van der Waals surface area contributed by atoms with Crippen LogP contribution in [0.4, 0.5) is 0 Å². The first kappa shape index (κ1) is 11.9. The first-order valence-corrected chi connectivity index (χ1v) is 5.15. The average Bonchev–Trinajstić information content (AvgIpc) is 2.18. The van der Waals surface area contributed by atoms with Crippen molar-refractivity contribution in [2.24, 2.45) is 5.41 Å². The second kappa shape index (κ2) is 5.08. The first-order valence-electron chi connectivity index (χ1n) is 5.15. The largest absolute Gasteiger partial charge is 0.366 e. The molecule has 0 spiro atoms. The van der Waals surface area contributed by atoms with Crippen molar-refractivity contribution in [1.29, 1.82) is 0 Å². The Morgan fingerprint density at radius 2 is 1.87 bits per heavy atom. The summed E-state index contributed by atoms with van der Waals surface area (Å²) in [6.07, 6.45) is 0.529. The predicted molar refractivity (Wildman–Crippen MR) is 60.5 cm³/mol. The van der Waals surface area contributed by atoms with Crippen molar-refractivity contribution in [2.45, 2.75) is 33.5 Å². The Labute approximate surface area is 91.3 Å². The van der Waals surface area contributed by atoms with E-state index in [2.05, 4.69) is 0 Å². The van der Waals surface area contributed by atoms with Crippen molar-refractivity contribution in [2.75, 3.05) is 0 Å². The molecular weight excluding hydrogens is 188 g/mol. The number of carbonyl (C=O) groups excluding carboxylic acids is 1. The van der Waals surface area contributed by atoms with Crippen molar-refractivity contribution in [3.8, 4) is 0 Å². The smallest absolute Gasteiger partial charge is 0.149 e. The second-order valence-corrected chi connectivity index (χ2v) is 4.72. The minimum atomic E-state index is -0.349. The van der Waals surface area contributed by atoms with Gasteiger partial charge in [0, 0.05) is 0 Å². The van der Waals surface area contributed by atoms with Crippen LogP contribution in [0.25, 0.3) is 0 Å². The van der Waals surface area contributed by atoms with Crippen molar-refractivity contribution in [3.05, 3.63) is 35.9 Å². The molecule has 1 unspecified atom stereocenters. The second-order valence-electron chi connectivity index (χ2n) is 4.72. The topological polar surface area (TPSA) is 26.3 Å². The number of benzene rings is 1. The van der Waals surface area contributed by atoms with Gasteiger partial charge in [0.05, 0.1) is 6.61 Å². The number of hydrogen-bond donors (Lipinski definition) is 0. The summed E-state index contributed by atoms with van der Waals surface area (Å²) in [6.45, 7) is 6.48. The van der Waals surface area contributed by atoms with Gasteiger partial charge in [-0.3, -0.25) is 0 Å². The van der Waals surface area contributed by atoms with E-state index in [0.717, 1.165) is 11.8 Å². The summed E-state index contributed by atoms with van der Waals surface area (Å²) >= 11 is 0. The van der Waals surface area contributed by atoms with Crippen LogP contribution >= 0.6 is 0 Å². The van der Waals surface area contributed by atoms with Gasteiger partial charge in [0.1, 0.15) is 12.4 Å². The molecule has 0 fully saturated rings. The predicted octanol–water partition coefficient (Wildman–Crippen LogP) is 2.82. The minimum absolute atomic E-state index is 0.142. The summed E-state index contributed by atoms with van der Waals surface area (Å²) in [4.78, 5) is 10.8. The molecule has 1 rings (SSSR count). The highest BCUT2D eigenvalue weighted by Crippen LogP contribution is 2.21. The molecule has 15 heavy (non-hydrogen) atoms. The lowest BCUT2D eigenvalue weighted by atomic mass is 9.90. The van der Waals surface area contributed by atoms with E-state index >= 15 is 0 Å². The van der Waals surface area contributed by atoms with Gasteiger partial charge in [0.2, 0.25) is 0 Å². The lowest BCUT2D eigenvalue weighted by Crippen LogP contribution is -2.30. The molecule has 0 radical (unpaired) electrons. The van der Waals surface area contributed by atoms with Crippen molar-refractivity contribution in [1.82, 2.24) is 0 Å². The van der Waals surface area contributed by atoms with Crippen molar-refractivity contribution in [3.63, 3.8) is 0 Å². The molecule has 2 heteroatoms. The van der Waals surface area contributed by atoms with E-state index in [1.54, 1.807) is 0 Å². The Kier molecular flexibility index (Phi) is 4.04. The van der Waals surface area contributed by atoms with E-state index in [4.69, 9.17) is 4.74 Å². The number of hydrogen-bond acceptors (Lipinski definition) is 2. The molecule has 1 aromatic rings. The van der Waals surface area contributed by atoms with Crippen molar-refractivity contribution >= 4 is 6.29 Å². The SMILES string of the molecule is CC(C)(C)C(C=O)OCc1ccccc1. The van der Waals surface area contributed by atoms with Crippen LogP contribution in [-0.2, 0) is 16.1 Å². The maximum absolute atomic E-state index is 10.8. The van der Waals surface area contributed by atoms with E-state index in [9.17, 15) is 4.79 Å². The molecule has 0 N–H and O–H groups in total. The van der Waals surface area contributed by atoms with Crippen LogP contribution in [0.5, 0.6) is 0 Å². The third kappa shape index (κ3) is 3.84. The van der Waals surface area contributed by atoms with Crippen LogP contribution in [0.15, 0.2) is 30.3 Å². The highest BCUT2D eigenvalue weighted by Gasteiger charge is 2.24. The number of ether oxygens (including phenoxy) is 1. The number of rotatable bonds is 4. The Balaban J connectivity index is 2.52. The standard InChI is InChI=1S/C13H18O2/c1-13(2,3)12(9-14)15-10-11-7-5-4-6-8-11/h4-9,12H,10H2,1-3H3. The molecule has 0 amide bonds. The lowest BCUT2D eigenvalue weighted by Gasteiger charge is -2.25. The van der Waals surface area contributed by atoms with Crippen molar-refractivity contribution < 1.29 is 9.53 Å². The van der Waals surface area contributed by atoms with Gasteiger partial charge in [0.15, 0.2) is 0 Å². The Hall–Kier alpha value is -1.15. The molecule has 0 aliphatic heterocycles. The fourth-order valence-electron chi connectivity index (χ4n) is 1.25. The average molecular weight is 206 g/mol. The maximum Gasteiger partial charge on any atom is 0.149 e. The van der Waals surface area contributed by atoms with E-state index < -0.39 is 0 Å². The normalized spacial score (nSPS) is 13.5. The van der Waals surface area contributed by atoms with Gasteiger partial charge >= 0.3 is 0 Å². The van der Waals surface area contributed by atoms with E-state index in [0.29, 0.717) is 6.61 Å². The summed E-state index contributed by atoms with van der Waals surface area (Å²) in [5.41, 5.74) is 0.949. The molecule has 0 saturated carbocycles. The van der Waals surface area contributed by atoms with Crippen LogP contribution < -0.4 is 0 Å². The zero-order chi connectivity index (χ0) is 11.3. The van der Waals surface area contributed by atoms with Crippen LogP contribution in [0.1, 0.15) is 26.3 Å². The summed E-state index contributed by atoms with van der Waals surface area (Å²) in [5, 5.41) is 0. The fraction of sp³-hybridized carbons (Fsp3) is 0.462.